The molecule has 0 aliphatic carbocycles. The first kappa shape index (κ1) is 15.5. The molecule has 0 atom stereocenters. The van der Waals surface area contributed by atoms with Crippen molar-refractivity contribution < 1.29 is 4.57 Å². The Labute approximate surface area is 140 Å². The third-order valence-electron chi connectivity index (χ3n) is 3.52. The highest BCUT2D eigenvalue weighted by Crippen LogP contribution is 2.22. The summed E-state index contributed by atoms with van der Waals surface area (Å²) in [6.45, 7) is 3.75. The van der Waals surface area contributed by atoms with Crippen molar-refractivity contribution >= 4 is 34.9 Å². The smallest absolute Gasteiger partial charge is 0.399 e. The molecular formula is C18H19N6+. The van der Waals surface area contributed by atoms with Gasteiger partial charge in [0.1, 0.15) is 11.9 Å². The monoisotopic (exact) mass is 319 g/mol. The van der Waals surface area contributed by atoms with Crippen molar-refractivity contribution in [3.05, 3.63) is 67.5 Å². The molecule has 0 aliphatic heterocycles. The van der Waals surface area contributed by atoms with Gasteiger partial charge in [-0.15, -0.1) is 0 Å². The summed E-state index contributed by atoms with van der Waals surface area (Å²) in [7, 11) is 1.91. The molecule has 6 heteroatoms. The Morgan fingerprint density at radius 1 is 1.04 bits per heavy atom. The number of benzene rings is 2. The maximum atomic E-state index is 5.68. The molecule has 24 heavy (non-hydrogen) atoms. The SMILES string of the molecule is C=Cn1cc[n+](C)c1N=Nc1ccc(Nc2ccc(N)cc2)cc1. The van der Waals surface area contributed by atoms with Gasteiger partial charge in [0.15, 0.2) is 0 Å². The van der Waals surface area contributed by atoms with Gasteiger partial charge in [0, 0.05) is 22.2 Å². The van der Waals surface area contributed by atoms with Crippen LogP contribution in [0, 0.1) is 0 Å². The number of nitrogens with one attached hydrogen (secondary N) is 1. The fraction of sp³-hybridized carbons (Fsp3) is 0.0556. The van der Waals surface area contributed by atoms with E-state index in [-0.39, 0.29) is 0 Å². The lowest BCUT2D eigenvalue weighted by Gasteiger charge is -2.06. The van der Waals surface area contributed by atoms with Crippen LogP contribution in [0.15, 0.2) is 77.7 Å². The van der Waals surface area contributed by atoms with Crippen LogP contribution in [0.5, 0.6) is 0 Å². The Hall–Kier alpha value is -3.41. The molecule has 0 saturated carbocycles. The normalized spacial score (nSPS) is 10.9. The van der Waals surface area contributed by atoms with Crippen molar-refractivity contribution in [3.8, 4) is 0 Å². The molecule has 2 aromatic carbocycles. The fourth-order valence-electron chi connectivity index (χ4n) is 2.20. The number of imidazole rings is 1. The Kier molecular flexibility index (Phi) is 4.38. The van der Waals surface area contributed by atoms with Gasteiger partial charge in [-0.2, -0.15) is 0 Å². The number of nitrogen functional groups attached to an aromatic ring is 1. The minimum Gasteiger partial charge on any atom is -0.399 e. The van der Waals surface area contributed by atoms with Gasteiger partial charge in [-0.05, 0) is 48.5 Å². The van der Waals surface area contributed by atoms with Crippen LogP contribution < -0.4 is 15.6 Å². The molecule has 0 saturated heterocycles. The van der Waals surface area contributed by atoms with Crippen molar-refractivity contribution in [2.24, 2.45) is 17.3 Å². The van der Waals surface area contributed by atoms with Crippen LogP contribution in [0.3, 0.4) is 0 Å². The number of hydrogen-bond donors (Lipinski definition) is 2. The van der Waals surface area contributed by atoms with Crippen molar-refractivity contribution in [2.75, 3.05) is 11.1 Å². The highest BCUT2D eigenvalue weighted by atomic mass is 15.3. The number of aryl methyl sites for hydroxylation is 1. The van der Waals surface area contributed by atoms with Gasteiger partial charge in [-0.3, -0.25) is 0 Å². The predicted molar refractivity (Wildman–Crippen MR) is 96.8 cm³/mol. The molecule has 6 nitrogen and oxygen atoms in total. The quantitative estimate of drug-likeness (QED) is 0.421. The highest BCUT2D eigenvalue weighted by molar-refractivity contribution is 5.63. The van der Waals surface area contributed by atoms with E-state index in [9.17, 15) is 0 Å². The highest BCUT2D eigenvalue weighted by Gasteiger charge is 2.11. The zero-order valence-corrected chi connectivity index (χ0v) is 13.4. The second-order valence-electron chi connectivity index (χ2n) is 5.29. The molecular weight excluding hydrogens is 300 g/mol. The van der Waals surface area contributed by atoms with Gasteiger partial charge < -0.3 is 11.1 Å². The van der Waals surface area contributed by atoms with E-state index in [0.717, 1.165) is 22.7 Å². The molecule has 0 unspecified atom stereocenters. The maximum Gasteiger partial charge on any atom is 0.425 e. The van der Waals surface area contributed by atoms with Gasteiger partial charge in [-0.1, -0.05) is 11.7 Å². The average Bonchev–Trinajstić information content (AvgIpc) is 2.96. The zero-order valence-electron chi connectivity index (χ0n) is 13.4. The largest absolute Gasteiger partial charge is 0.425 e. The number of hydrogen-bond acceptors (Lipinski definition) is 4. The second kappa shape index (κ2) is 6.78. The number of aromatic nitrogens is 2. The number of azo groups is 1. The van der Waals surface area contributed by atoms with Crippen molar-refractivity contribution in [1.82, 2.24) is 4.57 Å². The number of nitrogens with zero attached hydrogens (tertiary/aromatic N) is 4. The molecule has 0 aliphatic rings. The van der Waals surface area contributed by atoms with E-state index in [1.54, 1.807) is 10.8 Å². The number of nitrogens with two attached hydrogens (primary N) is 1. The summed E-state index contributed by atoms with van der Waals surface area (Å²) in [5.41, 5.74) is 9.15. The maximum absolute atomic E-state index is 5.68. The molecule has 0 radical (unpaired) electrons. The van der Waals surface area contributed by atoms with E-state index in [0.29, 0.717) is 5.95 Å². The molecule has 0 fully saturated rings. The third-order valence-corrected chi connectivity index (χ3v) is 3.52. The Morgan fingerprint density at radius 2 is 1.67 bits per heavy atom. The summed E-state index contributed by atoms with van der Waals surface area (Å²) in [6, 6.07) is 15.3. The summed E-state index contributed by atoms with van der Waals surface area (Å²) in [5, 5.41) is 11.9. The van der Waals surface area contributed by atoms with E-state index < -0.39 is 0 Å². The molecule has 0 bridgehead atoms. The minimum atomic E-state index is 0.703. The van der Waals surface area contributed by atoms with E-state index in [2.05, 4.69) is 22.1 Å². The van der Waals surface area contributed by atoms with Crippen LogP contribution >= 0.6 is 0 Å². The molecule has 3 rings (SSSR count). The van der Waals surface area contributed by atoms with E-state index in [4.69, 9.17) is 5.73 Å². The van der Waals surface area contributed by atoms with Crippen molar-refractivity contribution in [2.45, 2.75) is 0 Å². The van der Waals surface area contributed by atoms with Gasteiger partial charge in [0.2, 0.25) is 0 Å². The molecule has 1 heterocycles. The first-order valence-corrected chi connectivity index (χ1v) is 7.49. The van der Waals surface area contributed by atoms with Crippen LogP contribution in [0.1, 0.15) is 0 Å². The van der Waals surface area contributed by atoms with Crippen LogP contribution in [-0.2, 0) is 7.05 Å². The minimum absolute atomic E-state index is 0.703. The van der Waals surface area contributed by atoms with Crippen LogP contribution in [-0.4, -0.2) is 4.57 Å². The molecule has 3 aromatic rings. The zero-order chi connectivity index (χ0) is 16.9. The predicted octanol–water partition coefficient (Wildman–Crippen LogP) is 4.15. The topological polar surface area (TPSA) is 71.6 Å². The summed E-state index contributed by atoms with van der Waals surface area (Å²) in [6.07, 6.45) is 5.46. The summed E-state index contributed by atoms with van der Waals surface area (Å²) < 4.78 is 3.68. The molecule has 120 valence electrons. The van der Waals surface area contributed by atoms with Crippen molar-refractivity contribution in [1.29, 1.82) is 0 Å². The lowest BCUT2D eigenvalue weighted by atomic mass is 10.2. The molecule has 3 N–H and O–H groups in total. The Bertz CT molecular complexity index is 860. The van der Waals surface area contributed by atoms with Crippen LogP contribution in [0.25, 0.3) is 6.20 Å². The van der Waals surface area contributed by atoms with Crippen LogP contribution in [0.2, 0.25) is 0 Å². The van der Waals surface area contributed by atoms with Crippen molar-refractivity contribution in [3.63, 3.8) is 0 Å². The molecule has 0 spiro atoms. The third kappa shape index (κ3) is 3.49. The molecule has 1 aromatic heterocycles. The first-order valence-electron chi connectivity index (χ1n) is 7.49. The Morgan fingerprint density at radius 3 is 2.29 bits per heavy atom. The van der Waals surface area contributed by atoms with Gasteiger partial charge >= 0.3 is 5.95 Å². The van der Waals surface area contributed by atoms with Gasteiger partial charge in [0.05, 0.1) is 19.4 Å². The van der Waals surface area contributed by atoms with E-state index in [1.165, 1.54) is 0 Å². The van der Waals surface area contributed by atoms with Gasteiger partial charge in [-0.25, -0.2) is 9.13 Å². The van der Waals surface area contributed by atoms with E-state index in [1.807, 2.05) is 72.5 Å². The Balaban J connectivity index is 1.72. The van der Waals surface area contributed by atoms with Gasteiger partial charge in [0.25, 0.3) is 0 Å². The van der Waals surface area contributed by atoms with Crippen LogP contribution in [0.4, 0.5) is 28.7 Å². The lowest BCUT2D eigenvalue weighted by Crippen LogP contribution is -2.25. The average molecular weight is 319 g/mol. The standard InChI is InChI=1S/C18H18N6/c1-3-24-13-12-23(2)18(24)22-21-17-10-8-16(9-11-17)20-15-6-4-14(19)5-7-15/h3-13H,1H2,2H3,(H2,19,21)/p+1. The fourth-order valence-corrected chi connectivity index (χ4v) is 2.20. The first-order chi connectivity index (χ1) is 11.7. The summed E-state index contributed by atoms with van der Waals surface area (Å²) in [4.78, 5) is 0. The van der Waals surface area contributed by atoms with E-state index >= 15 is 0 Å². The summed E-state index contributed by atoms with van der Waals surface area (Å²) in [5.74, 6) is 0.703. The lowest BCUT2D eigenvalue weighted by molar-refractivity contribution is -0.657. The number of rotatable bonds is 5. The second-order valence-corrected chi connectivity index (χ2v) is 5.29. The number of anilines is 3. The summed E-state index contributed by atoms with van der Waals surface area (Å²) >= 11 is 0. The molecule has 0 amide bonds.